The highest BCUT2D eigenvalue weighted by atomic mass is 19.1. The van der Waals surface area contributed by atoms with Crippen LogP contribution < -0.4 is 4.90 Å². The van der Waals surface area contributed by atoms with Crippen molar-refractivity contribution in [2.45, 2.75) is 32.4 Å². The van der Waals surface area contributed by atoms with Crippen LogP contribution in [0.15, 0.2) is 30.3 Å². The van der Waals surface area contributed by atoms with E-state index in [1.54, 1.807) is 6.07 Å². The topological polar surface area (TPSA) is 56.0 Å². The first-order valence-corrected chi connectivity index (χ1v) is 8.51. The summed E-state index contributed by atoms with van der Waals surface area (Å²) in [6.45, 7) is 4.40. The van der Waals surface area contributed by atoms with Gasteiger partial charge in [-0.2, -0.15) is 10.4 Å². The Morgan fingerprint density at radius 1 is 1.32 bits per heavy atom. The van der Waals surface area contributed by atoms with Gasteiger partial charge in [-0.3, -0.25) is 4.90 Å². The molecule has 1 aromatic carbocycles. The highest BCUT2D eigenvalue weighted by Gasteiger charge is 2.24. The van der Waals surface area contributed by atoms with E-state index >= 15 is 0 Å². The maximum Gasteiger partial charge on any atom is 0.151 e. The fraction of sp³-hybridized carbons (Fsp3) is 0.421. The van der Waals surface area contributed by atoms with Gasteiger partial charge in [0.2, 0.25) is 0 Å². The lowest BCUT2D eigenvalue weighted by Gasteiger charge is -2.38. The first kappa shape index (κ1) is 17.3. The maximum atomic E-state index is 13.3. The Hall–Kier alpha value is -2.52. The van der Waals surface area contributed by atoms with Crippen LogP contribution in [-0.4, -0.2) is 41.3 Å². The second-order valence-electron chi connectivity index (χ2n) is 6.60. The average molecular weight is 339 g/mol. The monoisotopic (exact) mass is 339 g/mol. The van der Waals surface area contributed by atoms with Crippen molar-refractivity contribution in [2.75, 3.05) is 25.0 Å². The molecule has 130 valence electrons. The van der Waals surface area contributed by atoms with Crippen LogP contribution in [0.1, 0.15) is 29.7 Å². The minimum atomic E-state index is -0.371. The number of likely N-dealkylation sites (N-methyl/N-ethyl adjacent to an activating group) is 1. The molecule has 1 aliphatic heterocycles. The second-order valence-corrected chi connectivity index (χ2v) is 6.60. The lowest BCUT2D eigenvalue weighted by atomic mass is 10.0. The summed E-state index contributed by atoms with van der Waals surface area (Å²) in [7, 11) is 2.06. The predicted molar refractivity (Wildman–Crippen MR) is 94.6 cm³/mol. The molecule has 0 saturated carbocycles. The van der Waals surface area contributed by atoms with Crippen molar-refractivity contribution in [1.29, 1.82) is 5.26 Å². The second kappa shape index (κ2) is 7.58. The van der Waals surface area contributed by atoms with Crippen molar-refractivity contribution >= 4 is 5.82 Å². The molecule has 1 unspecified atom stereocenters. The Morgan fingerprint density at radius 2 is 2.16 bits per heavy atom. The summed E-state index contributed by atoms with van der Waals surface area (Å²) in [6.07, 6.45) is 2.18. The van der Waals surface area contributed by atoms with Crippen LogP contribution in [-0.2, 0) is 6.54 Å². The number of rotatable bonds is 4. The maximum absolute atomic E-state index is 13.3. The van der Waals surface area contributed by atoms with E-state index in [4.69, 9.17) is 0 Å². The van der Waals surface area contributed by atoms with Crippen LogP contribution >= 0.6 is 0 Å². The van der Waals surface area contributed by atoms with Crippen LogP contribution in [0, 0.1) is 24.1 Å². The number of hydrogen-bond acceptors (Lipinski definition) is 5. The van der Waals surface area contributed by atoms with Crippen molar-refractivity contribution in [2.24, 2.45) is 0 Å². The summed E-state index contributed by atoms with van der Waals surface area (Å²) in [5.41, 5.74) is 2.18. The molecule has 3 rings (SSSR count). The Morgan fingerprint density at radius 3 is 2.88 bits per heavy atom. The van der Waals surface area contributed by atoms with Crippen LogP contribution in [0.2, 0.25) is 0 Å². The number of nitriles is 1. The lowest BCUT2D eigenvalue weighted by molar-refractivity contribution is 0.207. The van der Waals surface area contributed by atoms with Crippen LogP contribution in [0.4, 0.5) is 10.2 Å². The third-order valence-corrected chi connectivity index (χ3v) is 4.74. The van der Waals surface area contributed by atoms with Crippen LogP contribution in [0.25, 0.3) is 0 Å². The van der Waals surface area contributed by atoms with Gasteiger partial charge < -0.3 is 4.90 Å². The van der Waals surface area contributed by atoms with E-state index < -0.39 is 0 Å². The van der Waals surface area contributed by atoms with Crippen LogP contribution in [0.3, 0.4) is 0 Å². The van der Waals surface area contributed by atoms with Crippen molar-refractivity contribution < 1.29 is 4.39 Å². The first-order chi connectivity index (χ1) is 12.1. The predicted octanol–water partition coefficient (Wildman–Crippen LogP) is 2.90. The first-order valence-electron chi connectivity index (χ1n) is 8.51. The van der Waals surface area contributed by atoms with Crippen LogP contribution in [0.5, 0.6) is 0 Å². The van der Waals surface area contributed by atoms with Crippen molar-refractivity contribution in [3.8, 4) is 6.07 Å². The summed E-state index contributed by atoms with van der Waals surface area (Å²) in [5.74, 6) is 0.535. The quantitative estimate of drug-likeness (QED) is 0.857. The number of nitrogens with zero attached hydrogens (tertiary/aromatic N) is 5. The number of hydrogen-bond donors (Lipinski definition) is 0. The summed E-state index contributed by atoms with van der Waals surface area (Å²) in [5, 5.41) is 17.7. The zero-order valence-electron chi connectivity index (χ0n) is 14.6. The molecule has 0 aliphatic carbocycles. The molecular formula is C19H22FN5. The Bertz CT molecular complexity index is 768. The normalized spacial score (nSPS) is 17.6. The fourth-order valence-corrected chi connectivity index (χ4v) is 3.27. The standard InChI is InChI=1S/C19H22FN5/c1-14-5-8-19(23-22-14)25-9-3-4-18(13-25)24(2)12-15-6-7-17(20)10-16(15)11-21/h5-8,10,18H,3-4,9,12-13H2,1-2H3. The number of aromatic nitrogens is 2. The number of benzene rings is 1. The minimum absolute atomic E-state index is 0.355. The highest BCUT2D eigenvalue weighted by molar-refractivity contribution is 5.39. The van der Waals surface area contributed by atoms with E-state index in [1.165, 1.54) is 12.1 Å². The molecule has 1 aromatic heterocycles. The van der Waals surface area contributed by atoms with E-state index in [2.05, 4.69) is 33.1 Å². The van der Waals surface area contributed by atoms with Gasteiger partial charge in [-0.05, 0) is 56.6 Å². The van der Waals surface area contributed by atoms with E-state index in [0.717, 1.165) is 43.0 Å². The number of anilines is 1. The zero-order chi connectivity index (χ0) is 17.8. The molecule has 2 aromatic rings. The van der Waals surface area contributed by atoms with E-state index in [9.17, 15) is 9.65 Å². The number of aryl methyl sites for hydroxylation is 1. The molecule has 6 heteroatoms. The summed E-state index contributed by atoms with van der Waals surface area (Å²) >= 11 is 0. The summed E-state index contributed by atoms with van der Waals surface area (Å²) < 4.78 is 13.3. The van der Waals surface area contributed by atoms with Gasteiger partial charge in [-0.1, -0.05) is 6.07 Å². The Balaban J connectivity index is 1.69. The van der Waals surface area contributed by atoms with Gasteiger partial charge in [0, 0.05) is 25.7 Å². The molecule has 2 heterocycles. The number of piperidine rings is 1. The summed E-state index contributed by atoms with van der Waals surface area (Å²) in [4.78, 5) is 4.49. The summed E-state index contributed by atoms with van der Waals surface area (Å²) in [6, 6.07) is 10.9. The molecule has 1 aliphatic rings. The van der Waals surface area contributed by atoms with Gasteiger partial charge in [0.1, 0.15) is 5.82 Å². The third kappa shape index (κ3) is 4.12. The Labute approximate surface area is 147 Å². The molecule has 0 amide bonds. The molecule has 0 bridgehead atoms. The van der Waals surface area contributed by atoms with Gasteiger partial charge in [0.05, 0.1) is 17.3 Å². The van der Waals surface area contributed by atoms with Gasteiger partial charge in [0.15, 0.2) is 5.82 Å². The molecule has 1 atom stereocenters. The lowest BCUT2D eigenvalue weighted by Crippen LogP contribution is -2.46. The molecule has 0 spiro atoms. The van der Waals surface area contributed by atoms with Crippen molar-refractivity contribution in [1.82, 2.24) is 15.1 Å². The minimum Gasteiger partial charge on any atom is -0.354 e. The molecular weight excluding hydrogens is 317 g/mol. The van der Waals surface area contributed by atoms with E-state index in [0.29, 0.717) is 18.2 Å². The van der Waals surface area contributed by atoms with Gasteiger partial charge >= 0.3 is 0 Å². The van der Waals surface area contributed by atoms with E-state index in [-0.39, 0.29) is 5.82 Å². The van der Waals surface area contributed by atoms with E-state index in [1.807, 2.05) is 19.1 Å². The Kier molecular flexibility index (Phi) is 5.25. The van der Waals surface area contributed by atoms with Crippen molar-refractivity contribution in [3.05, 3.63) is 53.0 Å². The smallest absolute Gasteiger partial charge is 0.151 e. The molecule has 25 heavy (non-hydrogen) atoms. The van der Waals surface area contributed by atoms with Gasteiger partial charge in [-0.15, -0.1) is 5.10 Å². The number of halogens is 1. The zero-order valence-corrected chi connectivity index (χ0v) is 14.6. The largest absolute Gasteiger partial charge is 0.354 e. The SMILES string of the molecule is Cc1ccc(N2CCCC(N(C)Cc3ccc(F)cc3C#N)C2)nn1. The van der Waals surface area contributed by atoms with Gasteiger partial charge in [0.25, 0.3) is 0 Å². The van der Waals surface area contributed by atoms with Crippen molar-refractivity contribution in [3.63, 3.8) is 0 Å². The molecule has 1 fully saturated rings. The molecule has 1 saturated heterocycles. The highest BCUT2D eigenvalue weighted by Crippen LogP contribution is 2.22. The fourth-order valence-electron chi connectivity index (χ4n) is 3.27. The molecule has 0 N–H and O–H groups in total. The average Bonchev–Trinajstić information content (AvgIpc) is 2.63. The molecule has 5 nitrogen and oxygen atoms in total. The third-order valence-electron chi connectivity index (χ3n) is 4.74. The van der Waals surface area contributed by atoms with Gasteiger partial charge in [-0.25, -0.2) is 4.39 Å². The molecule has 0 radical (unpaired) electrons.